The predicted octanol–water partition coefficient (Wildman–Crippen LogP) is 2.90. The minimum atomic E-state index is -0.198. The Morgan fingerprint density at radius 1 is 1.40 bits per heavy atom. The summed E-state index contributed by atoms with van der Waals surface area (Å²) in [6.45, 7) is 2.03. The lowest BCUT2D eigenvalue weighted by Gasteiger charge is -2.04. The van der Waals surface area contributed by atoms with E-state index in [-0.39, 0.29) is 5.91 Å². The third-order valence-electron chi connectivity index (χ3n) is 2.89. The first kappa shape index (κ1) is 12.7. The zero-order chi connectivity index (χ0) is 13.9. The number of hydrogen-bond donors (Lipinski definition) is 1. The Labute approximate surface area is 119 Å². The van der Waals surface area contributed by atoms with Crippen molar-refractivity contribution in [1.82, 2.24) is 15.0 Å². The van der Waals surface area contributed by atoms with Gasteiger partial charge in [-0.15, -0.1) is 11.3 Å². The molecule has 6 heteroatoms. The van der Waals surface area contributed by atoms with Gasteiger partial charge in [0.25, 0.3) is 5.91 Å². The zero-order valence-corrected chi connectivity index (χ0v) is 11.6. The summed E-state index contributed by atoms with van der Waals surface area (Å²) in [6.07, 6.45) is 3.99. The molecule has 0 radical (unpaired) electrons. The highest BCUT2D eigenvalue weighted by atomic mass is 32.1. The Kier molecular flexibility index (Phi) is 3.39. The maximum atomic E-state index is 12.3. The largest absolute Gasteiger partial charge is 0.306 e. The van der Waals surface area contributed by atoms with Gasteiger partial charge in [-0.3, -0.25) is 4.79 Å². The van der Waals surface area contributed by atoms with Crippen LogP contribution < -0.4 is 5.32 Å². The minimum absolute atomic E-state index is 0.198. The van der Waals surface area contributed by atoms with Crippen LogP contribution in [0, 0.1) is 0 Å². The fourth-order valence-electron chi connectivity index (χ4n) is 1.87. The Morgan fingerprint density at radius 3 is 3.15 bits per heavy atom. The summed E-state index contributed by atoms with van der Waals surface area (Å²) in [4.78, 5) is 24.7. The third kappa shape index (κ3) is 2.37. The number of carbonyl (C=O) groups excluding carboxylic acids is 1. The summed E-state index contributed by atoms with van der Waals surface area (Å²) < 4.78 is 0.896. The first-order valence-corrected chi connectivity index (χ1v) is 7.10. The lowest BCUT2D eigenvalue weighted by molar-refractivity contribution is 0.102. The van der Waals surface area contributed by atoms with Crippen molar-refractivity contribution in [1.29, 1.82) is 0 Å². The molecule has 0 saturated heterocycles. The topological polar surface area (TPSA) is 67.8 Å². The molecule has 3 rings (SSSR count). The fourth-order valence-corrected chi connectivity index (χ4v) is 2.73. The van der Waals surface area contributed by atoms with Crippen LogP contribution in [0.25, 0.3) is 10.2 Å². The predicted molar refractivity (Wildman–Crippen MR) is 79.0 cm³/mol. The van der Waals surface area contributed by atoms with Crippen molar-refractivity contribution in [3.63, 3.8) is 0 Å². The van der Waals surface area contributed by atoms with Gasteiger partial charge < -0.3 is 5.32 Å². The van der Waals surface area contributed by atoms with Crippen LogP contribution in [0.5, 0.6) is 0 Å². The second kappa shape index (κ2) is 5.34. The molecule has 5 nitrogen and oxygen atoms in total. The zero-order valence-electron chi connectivity index (χ0n) is 10.8. The monoisotopic (exact) mass is 284 g/mol. The van der Waals surface area contributed by atoms with E-state index in [2.05, 4.69) is 20.3 Å². The van der Waals surface area contributed by atoms with E-state index in [1.165, 1.54) is 17.7 Å². The normalized spacial score (nSPS) is 10.7. The molecule has 0 aliphatic rings. The van der Waals surface area contributed by atoms with E-state index in [9.17, 15) is 4.79 Å². The van der Waals surface area contributed by atoms with Crippen LogP contribution in [0.1, 0.15) is 23.0 Å². The number of nitrogens with one attached hydrogen (secondary N) is 1. The summed E-state index contributed by atoms with van der Waals surface area (Å²) in [5.74, 6) is 0.360. The van der Waals surface area contributed by atoms with Crippen LogP contribution in [0.3, 0.4) is 0 Å². The lowest BCUT2D eigenvalue weighted by atomic mass is 10.2. The summed E-state index contributed by atoms with van der Waals surface area (Å²) in [6, 6.07) is 5.60. The van der Waals surface area contributed by atoms with E-state index >= 15 is 0 Å². The van der Waals surface area contributed by atoms with Gasteiger partial charge >= 0.3 is 0 Å². The number of amides is 1. The van der Waals surface area contributed by atoms with Gasteiger partial charge in [-0.05, 0) is 18.6 Å². The molecule has 1 amide bonds. The smallest absolute Gasteiger partial charge is 0.259 e. The molecule has 3 aromatic heterocycles. The molecule has 3 heterocycles. The highest BCUT2D eigenvalue weighted by Crippen LogP contribution is 2.23. The molecule has 0 aromatic carbocycles. The standard InChI is InChI=1S/C14H12N4OS/c1-2-9-4-3-5-12(17-9)18-14(19)10-7-20-11-6-15-8-16-13(10)11/h3-8H,2H2,1H3,(H,17,18,19). The van der Waals surface area contributed by atoms with Crippen molar-refractivity contribution in [2.24, 2.45) is 0 Å². The Balaban J connectivity index is 1.89. The summed E-state index contributed by atoms with van der Waals surface area (Å²) in [7, 11) is 0. The SMILES string of the molecule is CCc1cccc(NC(=O)c2csc3cncnc23)n1. The Bertz CT molecular complexity index is 768. The molecule has 0 unspecified atom stereocenters. The van der Waals surface area contributed by atoms with Gasteiger partial charge in [-0.1, -0.05) is 13.0 Å². The molecule has 0 atom stereocenters. The number of fused-ring (bicyclic) bond motifs is 1. The minimum Gasteiger partial charge on any atom is -0.306 e. The average molecular weight is 284 g/mol. The molecular weight excluding hydrogens is 272 g/mol. The van der Waals surface area contributed by atoms with E-state index in [1.807, 2.05) is 19.1 Å². The van der Waals surface area contributed by atoms with Gasteiger partial charge in [0.15, 0.2) is 0 Å². The summed E-state index contributed by atoms with van der Waals surface area (Å²) in [5, 5.41) is 4.60. The van der Waals surface area contributed by atoms with Crippen molar-refractivity contribution >= 4 is 33.3 Å². The van der Waals surface area contributed by atoms with Crippen LogP contribution in [0.4, 0.5) is 5.82 Å². The van der Waals surface area contributed by atoms with Crippen molar-refractivity contribution in [3.8, 4) is 0 Å². The number of carbonyl (C=O) groups is 1. The molecule has 1 N–H and O–H groups in total. The van der Waals surface area contributed by atoms with Crippen LogP contribution in [0.2, 0.25) is 0 Å². The second-order valence-corrected chi connectivity index (χ2v) is 5.12. The molecule has 3 aromatic rings. The summed E-state index contributed by atoms with van der Waals surface area (Å²) >= 11 is 1.45. The Hall–Kier alpha value is -2.34. The third-order valence-corrected chi connectivity index (χ3v) is 3.80. The molecule has 0 bridgehead atoms. The quantitative estimate of drug-likeness (QED) is 0.803. The number of pyridine rings is 1. The van der Waals surface area contributed by atoms with Gasteiger partial charge in [0, 0.05) is 17.3 Å². The van der Waals surface area contributed by atoms with E-state index in [0.717, 1.165) is 16.8 Å². The number of hydrogen-bond acceptors (Lipinski definition) is 5. The maximum absolute atomic E-state index is 12.3. The van der Waals surface area contributed by atoms with Gasteiger partial charge in [-0.25, -0.2) is 15.0 Å². The number of anilines is 1. The number of aryl methyl sites for hydroxylation is 1. The van der Waals surface area contributed by atoms with E-state index < -0.39 is 0 Å². The second-order valence-electron chi connectivity index (χ2n) is 4.21. The van der Waals surface area contributed by atoms with Crippen LogP contribution in [-0.2, 0) is 6.42 Å². The molecule has 100 valence electrons. The number of rotatable bonds is 3. The molecule has 0 aliphatic carbocycles. The fraction of sp³-hybridized carbons (Fsp3) is 0.143. The van der Waals surface area contributed by atoms with Crippen molar-refractivity contribution in [2.45, 2.75) is 13.3 Å². The van der Waals surface area contributed by atoms with Crippen molar-refractivity contribution in [2.75, 3.05) is 5.32 Å². The molecule has 0 aliphatic heterocycles. The van der Waals surface area contributed by atoms with Gasteiger partial charge in [-0.2, -0.15) is 0 Å². The van der Waals surface area contributed by atoms with Gasteiger partial charge in [0.1, 0.15) is 12.1 Å². The average Bonchev–Trinajstić information content (AvgIpc) is 2.91. The Morgan fingerprint density at radius 2 is 2.30 bits per heavy atom. The maximum Gasteiger partial charge on any atom is 0.259 e. The van der Waals surface area contributed by atoms with Crippen LogP contribution in [-0.4, -0.2) is 20.9 Å². The highest BCUT2D eigenvalue weighted by Gasteiger charge is 2.14. The van der Waals surface area contributed by atoms with Crippen LogP contribution in [0.15, 0.2) is 36.1 Å². The van der Waals surface area contributed by atoms with Gasteiger partial charge in [0.2, 0.25) is 0 Å². The first-order valence-electron chi connectivity index (χ1n) is 6.22. The molecular formula is C14H12N4OS. The van der Waals surface area contributed by atoms with E-state index in [4.69, 9.17) is 0 Å². The first-order chi connectivity index (χ1) is 9.78. The molecule has 0 spiro atoms. The van der Waals surface area contributed by atoms with E-state index in [0.29, 0.717) is 16.9 Å². The molecule has 0 fully saturated rings. The molecule has 20 heavy (non-hydrogen) atoms. The van der Waals surface area contributed by atoms with Crippen molar-refractivity contribution in [3.05, 3.63) is 47.4 Å². The van der Waals surface area contributed by atoms with Crippen molar-refractivity contribution < 1.29 is 4.79 Å². The lowest BCUT2D eigenvalue weighted by Crippen LogP contribution is -2.13. The highest BCUT2D eigenvalue weighted by molar-refractivity contribution is 7.17. The number of thiophene rings is 1. The van der Waals surface area contributed by atoms with Crippen LogP contribution >= 0.6 is 11.3 Å². The van der Waals surface area contributed by atoms with Gasteiger partial charge in [0.05, 0.1) is 15.8 Å². The number of aromatic nitrogens is 3. The number of nitrogens with zero attached hydrogens (tertiary/aromatic N) is 3. The summed E-state index contributed by atoms with van der Waals surface area (Å²) in [5.41, 5.74) is 2.17. The molecule has 0 saturated carbocycles. The van der Waals surface area contributed by atoms with E-state index in [1.54, 1.807) is 17.6 Å².